The Hall–Kier alpha value is -1.13. The third-order valence-corrected chi connectivity index (χ3v) is 2.08. The van der Waals surface area contributed by atoms with Gasteiger partial charge in [0.25, 0.3) is 0 Å². The van der Waals surface area contributed by atoms with Crippen molar-refractivity contribution in [3.8, 4) is 0 Å². The number of hydrogen-bond acceptors (Lipinski definition) is 4. The molecule has 0 aliphatic heterocycles. The molecule has 0 aromatic carbocycles. The van der Waals surface area contributed by atoms with Gasteiger partial charge < -0.3 is 9.64 Å². The molecular weight excluding hydrogens is 240 g/mol. The second-order valence-corrected chi connectivity index (χ2v) is 3.73. The van der Waals surface area contributed by atoms with Gasteiger partial charge in [-0.1, -0.05) is 25.4 Å². The molecule has 0 bridgehead atoms. The van der Waals surface area contributed by atoms with Gasteiger partial charge in [-0.25, -0.2) is 9.78 Å². The van der Waals surface area contributed by atoms with E-state index in [9.17, 15) is 4.79 Å². The van der Waals surface area contributed by atoms with Crippen LogP contribution >= 0.6 is 11.6 Å². The molecule has 1 aromatic heterocycles. The van der Waals surface area contributed by atoms with E-state index in [-0.39, 0.29) is 5.15 Å². The molecule has 1 rings (SSSR count). The number of carbonyl (C=O) groups is 1. The summed E-state index contributed by atoms with van der Waals surface area (Å²) in [5.41, 5.74) is 1.11. The molecule has 0 unspecified atom stereocenters. The third kappa shape index (κ3) is 5.15. The average molecular weight is 259 g/mol. The Bertz CT molecular complexity index is 368. The molecule has 4 nitrogen and oxygen atoms in total. The molecule has 5 heteroatoms. The highest BCUT2D eigenvalue weighted by Crippen LogP contribution is 2.15. The molecule has 0 amide bonds. The van der Waals surface area contributed by atoms with Gasteiger partial charge in [-0.05, 0) is 26.2 Å². The van der Waals surface area contributed by atoms with Crippen LogP contribution in [-0.2, 0) is 11.3 Å². The smallest absolute Gasteiger partial charge is 0.341 e. The van der Waals surface area contributed by atoms with Gasteiger partial charge in [0.1, 0.15) is 5.15 Å². The zero-order valence-electron chi connectivity index (χ0n) is 11.0. The van der Waals surface area contributed by atoms with Gasteiger partial charge >= 0.3 is 5.97 Å². The number of pyridine rings is 1. The van der Waals surface area contributed by atoms with Gasteiger partial charge in [0, 0.05) is 6.54 Å². The first kappa shape index (κ1) is 15.9. The van der Waals surface area contributed by atoms with Crippen LogP contribution in [0.25, 0.3) is 0 Å². The van der Waals surface area contributed by atoms with E-state index >= 15 is 0 Å². The quantitative estimate of drug-likeness (QED) is 0.617. The summed E-state index contributed by atoms with van der Waals surface area (Å²) in [5, 5.41) is 0.182. The lowest BCUT2D eigenvalue weighted by Gasteiger charge is -2.09. The van der Waals surface area contributed by atoms with Crippen LogP contribution in [0.15, 0.2) is 12.1 Å². The van der Waals surface area contributed by atoms with E-state index in [1.165, 1.54) is 7.11 Å². The third-order valence-electron chi connectivity index (χ3n) is 1.79. The number of methoxy groups -OCH3 is 1. The lowest BCUT2D eigenvalue weighted by Crippen LogP contribution is -2.13. The first-order chi connectivity index (χ1) is 8.04. The van der Waals surface area contributed by atoms with E-state index in [1.807, 2.05) is 32.8 Å². The SMILES string of the molecule is CC.COC(=O)c1ccc(CN(C)C)nc1Cl. The predicted molar refractivity (Wildman–Crippen MR) is 69.3 cm³/mol. The van der Waals surface area contributed by atoms with Crippen molar-refractivity contribution in [2.24, 2.45) is 0 Å². The predicted octanol–water partition coefficient (Wildman–Crippen LogP) is 2.61. The number of nitrogens with zero attached hydrogens (tertiary/aromatic N) is 2. The maximum atomic E-state index is 11.2. The van der Waals surface area contributed by atoms with Crippen molar-refractivity contribution in [2.75, 3.05) is 21.2 Å². The van der Waals surface area contributed by atoms with Crippen LogP contribution in [0.2, 0.25) is 5.15 Å². The number of esters is 1. The zero-order chi connectivity index (χ0) is 13.4. The average Bonchev–Trinajstić information content (AvgIpc) is 2.30. The molecule has 0 fully saturated rings. The molecule has 1 heterocycles. The van der Waals surface area contributed by atoms with Crippen LogP contribution in [0.5, 0.6) is 0 Å². The topological polar surface area (TPSA) is 42.4 Å². The molecule has 0 saturated heterocycles. The van der Waals surface area contributed by atoms with E-state index in [0.717, 1.165) is 5.69 Å². The van der Waals surface area contributed by atoms with Gasteiger partial charge in [-0.3, -0.25) is 0 Å². The van der Waals surface area contributed by atoms with Crippen LogP contribution in [0.1, 0.15) is 29.9 Å². The molecule has 0 radical (unpaired) electrons. The summed E-state index contributed by atoms with van der Waals surface area (Å²) < 4.78 is 4.56. The summed E-state index contributed by atoms with van der Waals surface area (Å²) in [7, 11) is 5.18. The summed E-state index contributed by atoms with van der Waals surface area (Å²) >= 11 is 5.86. The molecule has 0 spiro atoms. The standard InChI is InChI=1S/C10H13ClN2O2.C2H6/c1-13(2)6-7-4-5-8(9(11)12-7)10(14)15-3;1-2/h4-5H,6H2,1-3H3;1-2H3. The second kappa shape index (κ2) is 8.03. The minimum absolute atomic E-state index is 0.182. The highest BCUT2D eigenvalue weighted by molar-refractivity contribution is 6.32. The van der Waals surface area contributed by atoms with Crippen LogP contribution in [0.4, 0.5) is 0 Å². The van der Waals surface area contributed by atoms with Crippen molar-refractivity contribution in [2.45, 2.75) is 20.4 Å². The molecular formula is C12H19ClN2O2. The molecule has 0 N–H and O–H groups in total. The first-order valence-electron chi connectivity index (χ1n) is 5.43. The van der Waals surface area contributed by atoms with Gasteiger partial charge in [-0.15, -0.1) is 0 Å². The summed E-state index contributed by atoms with van der Waals surface area (Å²) in [4.78, 5) is 17.3. The Morgan fingerprint density at radius 3 is 2.41 bits per heavy atom. The van der Waals surface area contributed by atoms with Crippen LogP contribution in [0.3, 0.4) is 0 Å². The fourth-order valence-electron chi connectivity index (χ4n) is 1.15. The summed E-state index contributed by atoms with van der Waals surface area (Å²) in [6.45, 7) is 4.68. The highest BCUT2D eigenvalue weighted by atomic mass is 35.5. The van der Waals surface area contributed by atoms with Gasteiger partial charge in [0.15, 0.2) is 0 Å². The van der Waals surface area contributed by atoms with E-state index in [0.29, 0.717) is 12.1 Å². The van der Waals surface area contributed by atoms with Gasteiger partial charge in [-0.2, -0.15) is 0 Å². The highest BCUT2D eigenvalue weighted by Gasteiger charge is 2.12. The maximum absolute atomic E-state index is 11.2. The zero-order valence-corrected chi connectivity index (χ0v) is 11.7. The molecule has 1 aromatic rings. The fourth-order valence-corrected chi connectivity index (χ4v) is 1.39. The number of rotatable bonds is 3. The number of hydrogen-bond donors (Lipinski definition) is 0. The molecule has 96 valence electrons. The second-order valence-electron chi connectivity index (χ2n) is 3.37. The van der Waals surface area contributed by atoms with E-state index in [2.05, 4.69) is 9.72 Å². The Morgan fingerprint density at radius 1 is 1.41 bits per heavy atom. The van der Waals surface area contributed by atoms with Crippen LogP contribution in [-0.4, -0.2) is 37.1 Å². The summed E-state index contributed by atoms with van der Waals surface area (Å²) in [5.74, 6) is -0.469. The van der Waals surface area contributed by atoms with Crippen molar-refractivity contribution in [3.63, 3.8) is 0 Å². The van der Waals surface area contributed by atoms with E-state index in [1.54, 1.807) is 12.1 Å². The minimum atomic E-state index is -0.469. The normalized spacial score (nSPS) is 9.59. The number of carbonyl (C=O) groups excluding carboxylic acids is 1. The summed E-state index contributed by atoms with van der Waals surface area (Å²) in [6.07, 6.45) is 0. The number of ether oxygens (including phenoxy) is 1. The van der Waals surface area contributed by atoms with Crippen molar-refractivity contribution >= 4 is 17.6 Å². The van der Waals surface area contributed by atoms with Crippen molar-refractivity contribution in [1.82, 2.24) is 9.88 Å². The molecule has 0 aliphatic rings. The van der Waals surface area contributed by atoms with E-state index < -0.39 is 5.97 Å². The molecule has 0 atom stereocenters. The molecule has 0 saturated carbocycles. The number of aromatic nitrogens is 1. The fraction of sp³-hybridized carbons (Fsp3) is 0.500. The van der Waals surface area contributed by atoms with Crippen molar-refractivity contribution in [3.05, 3.63) is 28.5 Å². The first-order valence-corrected chi connectivity index (χ1v) is 5.81. The monoisotopic (exact) mass is 258 g/mol. The maximum Gasteiger partial charge on any atom is 0.341 e. The molecule has 0 aliphatic carbocycles. The van der Waals surface area contributed by atoms with Crippen LogP contribution < -0.4 is 0 Å². The molecule has 17 heavy (non-hydrogen) atoms. The Balaban J connectivity index is 0.00000121. The Morgan fingerprint density at radius 2 is 2.00 bits per heavy atom. The lowest BCUT2D eigenvalue weighted by atomic mass is 10.2. The van der Waals surface area contributed by atoms with Crippen molar-refractivity contribution in [1.29, 1.82) is 0 Å². The van der Waals surface area contributed by atoms with Gasteiger partial charge in [0.2, 0.25) is 0 Å². The van der Waals surface area contributed by atoms with Crippen molar-refractivity contribution < 1.29 is 9.53 Å². The van der Waals surface area contributed by atoms with Gasteiger partial charge in [0.05, 0.1) is 18.4 Å². The largest absolute Gasteiger partial charge is 0.465 e. The Labute approximate surface area is 108 Å². The summed E-state index contributed by atoms with van der Waals surface area (Å²) in [6, 6.07) is 3.39. The van der Waals surface area contributed by atoms with Crippen LogP contribution in [0, 0.1) is 0 Å². The minimum Gasteiger partial charge on any atom is -0.465 e. The lowest BCUT2D eigenvalue weighted by molar-refractivity contribution is 0.0600. The number of halogens is 1. The Kier molecular flexibility index (Phi) is 7.50. The van der Waals surface area contributed by atoms with E-state index in [4.69, 9.17) is 11.6 Å².